The number of aliphatic hydroxyl groups is 2. The highest BCUT2D eigenvalue weighted by Crippen LogP contribution is 2.11. The lowest BCUT2D eigenvalue weighted by Gasteiger charge is -2.23. The highest BCUT2D eigenvalue weighted by Gasteiger charge is 2.31. The van der Waals surface area contributed by atoms with Crippen molar-refractivity contribution in [1.82, 2.24) is 16.0 Å². The largest absolute Gasteiger partial charge is 0.508 e. The van der Waals surface area contributed by atoms with Crippen LogP contribution in [0.5, 0.6) is 5.75 Å². The molecule has 1 rings (SSSR count). The predicted octanol–water partition coefficient (Wildman–Crippen LogP) is -4.34. The summed E-state index contributed by atoms with van der Waals surface area (Å²) in [6.07, 6.45) is -0.877. The first-order valence-corrected chi connectivity index (χ1v) is 9.65. The van der Waals surface area contributed by atoms with E-state index in [9.17, 15) is 39.3 Å². The van der Waals surface area contributed by atoms with Crippen LogP contribution in [0.1, 0.15) is 12.0 Å². The molecule has 11 N–H and O–H groups in total. The summed E-state index contributed by atoms with van der Waals surface area (Å²) in [5, 5.41) is 43.4. The molecule has 4 atom stereocenters. The van der Waals surface area contributed by atoms with E-state index in [1.54, 1.807) is 0 Å². The number of amides is 4. The molecule has 182 valence electrons. The molecular weight excluding hydrogens is 442 g/mol. The van der Waals surface area contributed by atoms with Crippen molar-refractivity contribution in [2.45, 2.75) is 37.0 Å². The van der Waals surface area contributed by atoms with E-state index in [1.807, 2.05) is 0 Å². The average molecular weight is 469 g/mol. The Morgan fingerprint density at radius 2 is 1.33 bits per heavy atom. The van der Waals surface area contributed by atoms with E-state index in [0.717, 1.165) is 0 Å². The lowest BCUT2D eigenvalue weighted by molar-refractivity contribution is -0.142. The van der Waals surface area contributed by atoms with Gasteiger partial charge in [-0.15, -0.1) is 0 Å². The molecule has 0 heterocycles. The second kappa shape index (κ2) is 12.9. The molecule has 14 nitrogen and oxygen atoms in total. The summed E-state index contributed by atoms with van der Waals surface area (Å²) in [5.41, 5.74) is 10.9. The van der Waals surface area contributed by atoms with Crippen LogP contribution in [0.25, 0.3) is 0 Å². The molecule has 0 bridgehead atoms. The van der Waals surface area contributed by atoms with E-state index >= 15 is 0 Å². The van der Waals surface area contributed by atoms with Crippen LogP contribution < -0.4 is 27.4 Å². The quantitative estimate of drug-likeness (QED) is 0.134. The second-order valence-corrected chi connectivity index (χ2v) is 7.03. The molecule has 0 aliphatic carbocycles. The highest BCUT2D eigenvalue weighted by molar-refractivity contribution is 5.96. The summed E-state index contributed by atoms with van der Waals surface area (Å²) in [5.74, 6) is -5.52. The Hall–Kier alpha value is -3.75. The van der Waals surface area contributed by atoms with E-state index < -0.39 is 73.4 Å². The van der Waals surface area contributed by atoms with Crippen LogP contribution in [0.15, 0.2) is 24.3 Å². The van der Waals surface area contributed by atoms with Crippen LogP contribution in [-0.4, -0.2) is 87.4 Å². The van der Waals surface area contributed by atoms with Crippen LogP contribution in [0, 0.1) is 0 Å². The molecule has 0 aromatic heterocycles. The maximum Gasteiger partial charge on any atom is 0.326 e. The zero-order valence-electron chi connectivity index (χ0n) is 17.4. The van der Waals surface area contributed by atoms with E-state index in [-0.39, 0.29) is 12.2 Å². The van der Waals surface area contributed by atoms with Crippen molar-refractivity contribution in [2.24, 2.45) is 11.5 Å². The molecule has 0 radical (unpaired) electrons. The summed E-state index contributed by atoms with van der Waals surface area (Å²) in [4.78, 5) is 59.7. The Morgan fingerprint density at radius 3 is 1.82 bits per heavy atom. The number of rotatable bonds is 13. The van der Waals surface area contributed by atoms with Crippen LogP contribution in [0.2, 0.25) is 0 Å². The summed E-state index contributed by atoms with van der Waals surface area (Å²) in [6.45, 7) is -1.63. The van der Waals surface area contributed by atoms with Crippen molar-refractivity contribution >= 4 is 29.6 Å². The first-order chi connectivity index (χ1) is 15.5. The smallest absolute Gasteiger partial charge is 0.326 e. The molecule has 1 aromatic rings. The van der Waals surface area contributed by atoms with Crippen molar-refractivity contribution in [2.75, 3.05) is 13.2 Å². The number of benzene rings is 1. The van der Waals surface area contributed by atoms with Gasteiger partial charge in [-0.25, -0.2) is 4.79 Å². The molecule has 33 heavy (non-hydrogen) atoms. The summed E-state index contributed by atoms with van der Waals surface area (Å²) < 4.78 is 0. The number of aromatic hydroxyl groups is 1. The van der Waals surface area contributed by atoms with Gasteiger partial charge in [-0.05, 0) is 17.7 Å². The number of carboxylic acid groups (broad SMARTS) is 1. The van der Waals surface area contributed by atoms with Gasteiger partial charge in [0.25, 0.3) is 0 Å². The Kier molecular flexibility index (Phi) is 10.7. The Morgan fingerprint density at radius 1 is 0.818 bits per heavy atom. The first kappa shape index (κ1) is 27.3. The van der Waals surface area contributed by atoms with Crippen molar-refractivity contribution in [3.63, 3.8) is 0 Å². The molecule has 0 aliphatic heterocycles. The predicted molar refractivity (Wildman–Crippen MR) is 111 cm³/mol. The number of hydrogen-bond acceptors (Lipinski definition) is 9. The number of carboxylic acids is 1. The lowest BCUT2D eigenvalue weighted by atomic mass is 10.0. The topological polar surface area (TPSA) is 254 Å². The molecular formula is C19H27N5O9. The van der Waals surface area contributed by atoms with Gasteiger partial charge in [0.15, 0.2) is 0 Å². The SMILES string of the molecule is NC(=O)CC(NC(=O)C(CO)NC(=O)C(N)CO)C(=O)NC(Cc1ccc(O)cc1)C(=O)O. The molecule has 0 saturated carbocycles. The Balaban J connectivity index is 2.93. The van der Waals surface area contributed by atoms with Gasteiger partial charge in [0.1, 0.15) is 29.9 Å². The third kappa shape index (κ3) is 9.10. The fourth-order valence-electron chi connectivity index (χ4n) is 2.58. The normalized spacial score (nSPS) is 14.3. The molecule has 0 aliphatic rings. The molecule has 0 saturated heterocycles. The monoisotopic (exact) mass is 469 g/mol. The van der Waals surface area contributed by atoms with Gasteiger partial charge < -0.3 is 47.8 Å². The minimum atomic E-state index is -1.62. The summed E-state index contributed by atoms with van der Waals surface area (Å²) in [7, 11) is 0. The number of phenols is 1. The molecule has 4 unspecified atom stereocenters. The number of aliphatic carboxylic acids is 1. The molecule has 0 fully saturated rings. The minimum Gasteiger partial charge on any atom is -0.508 e. The zero-order chi connectivity index (χ0) is 25.1. The van der Waals surface area contributed by atoms with Gasteiger partial charge in [0.05, 0.1) is 19.6 Å². The van der Waals surface area contributed by atoms with Crippen LogP contribution in [0.3, 0.4) is 0 Å². The Bertz CT molecular complexity index is 862. The summed E-state index contributed by atoms with van der Waals surface area (Å²) >= 11 is 0. The van der Waals surface area contributed by atoms with Crippen molar-refractivity contribution in [3.8, 4) is 5.75 Å². The van der Waals surface area contributed by atoms with Gasteiger partial charge >= 0.3 is 5.97 Å². The van der Waals surface area contributed by atoms with Gasteiger partial charge in [-0.1, -0.05) is 12.1 Å². The van der Waals surface area contributed by atoms with Gasteiger partial charge in [-0.3, -0.25) is 19.2 Å². The van der Waals surface area contributed by atoms with E-state index in [4.69, 9.17) is 16.6 Å². The van der Waals surface area contributed by atoms with Crippen molar-refractivity contribution in [3.05, 3.63) is 29.8 Å². The third-order valence-corrected chi connectivity index (χ3v) is 4.38. The number of hydrogen-bond donors (Lipinski definition) is 9. The number of nitrogens with two attached hydrogens (primary N) is 2. The van der Waals surface area contributed by atoms with Crippen LogP contribution >= 0.6 is 0 Å². The van der Waals surface area contributed by atoms with E-state index in [0.29, 0.717) is 5.56 Å². The number of primary amides is 1. The van der Waals surface area contributed by atoms with Gasteiger partial charge in [0.2, 0.25) is 23.6 Å². The van der Waals surface area contributed by atoms with Crippen LogP contribution in [-0.2, 0) is 30.4 Å². The molecule has 4 amide bonds. The van der Waals surface area contributed by atoms with E-state index in [2.05, 4.69) is 16.0 Å². The van der Waals surface area contributed by atoms with Crippen LogP contribution in [0.4, 0.5) is 0 Å². The van der Waals surface area contributed by atoms with Crippen molar-refractivity contribution < 1.29 is 44.4 Å². The molecule has 14 heteroatoms. The number of aliphatic hydroxyl groups excluding tert-OH is 2. The fourth-order valence-corrected chi connectivity index (χ4v) is 2.58. The van der Waals surface area contributed by atoms with E-state index in [1.165, 1.54) is 24.3 Å². The van der Waals surface area contributed by atoms with Gasteiger partial charge in [-0.2, -0.15) is 0 Å². The summed E-state index contributed by atoms with van der Waals surface area (Å²) in [6, 6.07) is -0.453. The highest BCUT2D eigenvalue weighted by atomic mass is 16.4. The van der Waals surface area contributed by atoms with Crippen molar-refractivity contribution in [1.29, 1.82) is 0 Å². The Labute approximate surface area is 187 Å². The molecule has 0 spiro atoms. The standard InChI is InChI=1S/C19H27N5O9/c20-11(7-25)16(29)24-14(8-26)18(31)22-12(6-15(21)28)17(30)23-13(19(32)33)5-9-1-3-10(27)4-2-9/h1-4,11-14,25-27H,5-8,20H2,(H2,21,28)(H,22,31)(H,23,30)(H,24,29)(H,32,33). The third-order valence-electron chi connectivity index (χ3n) is 4.38. The lowest BCUT2D eigenvalue weighted by Crippen LogP contribution is -2.59. The molecule has 1 aromatic carbocycles. The number of carbonyl (C=O) groups excluding carboxylic acids is 4. The first-order valence-electron chi connectivity index (χ1n) is 9.65. The fraction of sp³-hybridized carbons (Fsp3) is 0.421. The number of carbonyl (C=O) groups is 5. The maximum absolute atomic E-state index is 12.6. The zero-order valence-corrected chi connectivity index (χ0v) is 17.4. The van der Waals surface area contributed by atoms with Gasteiger partial charge in [0, 0.05) is 6.42 Å². The maximum atomic E-state index is 12.6. The second-order valence-electron chi connectivity index (χ2n) is 7.03. The average Bonchev–Trinajstić information content (AvgIpc) is 2.76. The minimum absolute atomic E-state index is 0.0376. The number of nitrogens with one attached hydrogen (secondary N) is 3. The number of phenolic OH excluding ortho intramolecular Hbond substituents is 1.